The smallest absolute Gasteiger partial charge is 0.337 e. The Balaban J connectivity index is 1.86. The number of aromatic carboxylic acids is 1. The minimum Gasteiger partial charge on any atom is -0.486 e. The van der Waals surface area contributed by atoms with Gasteiger partial charge in [-0.25, -0.2) is 4.79 Å². The maximum Gasteiger partial charge on any atom is 0.337 e. The number of H-pyrrole nitrogens is 1. The molecular weight excluding hydrogens is 256 g/mol. The molecule has 0 radical (unpaired) electrons. The zero-order valence-corrected chi connectivity index (χ0v) is 10.5. The number of nitrogens with one attached hydrogen (secondary N) is 1. The first-order valence-corrected chi connectivity index (χ1v) is 6.11. The van der Waals surface area contributed by atoms with E-state index in [0.717, 1.165) is 11.1 Å². The van der Waals surface area contributed by atoms with Gasteiger partial charge in [-0.15, -0.1) is 0 Å². The van der Waals surface area contributed by atoms with E-state index in [1.54, 1.807) is 30.6 Å². The molecule has 0 aliphatic heterocycles. The second-order valence-electron chi connectivity index (χ2n) is 4.35. The molecule has 0 unspecified atom stereocenters. The fourth-order valence-electron chi connectivity index (χ4n) is 2.06. The number of para-hydroxylation sites is 1. The fraction of sp³-hybridized carbons (Fsp3) is 0.0667. The summed E-state index contributed by atoms with van der Waals surface area (Å²) in [4.78, 5) is 18.2. The summed E-state index contributed by atoms with van der Waals surface area (Å²) in [5, 5.41) is 10.00. The molecule has 0 saturated carbocycles. The zero-order valence-electron chi connectivity index (χ0n) is 10.5. The van der Waals surface area contributed by atoms with Crippen LogP contribution in [-0.2, 0) is 6.61 Å². The lowest BCUT2D eigenvalue weighted by Crippen LogP contribution is -1.98. The molecular formula is C15H12N2O3. The lowest BCUT2D eigenvalue weighted by atomic mass is 10.1. The van der Waals surface area contributed by atoms with Crippen LogP contribution >= 0.6 is 0 Å². The molecule has 0 amide bonds. The van der Waals surface area contributed by atoms with E-state index < -0.39 is 5.97 Å². The highest BCUT2D eigenvalue weighted by atomic mass is 16.5. The molecule has 2 aromatic heterocycles. The molecule has 2 N–H and O–H groups in total. The molecule has 0 aliphatic rings. The van der Waals surface area contributed by atoms with E-state index in [9.17, 15) is 4.79 Å². The van der Waals surface area contributed by atoms with E-state index >= 15 is 0 Å². The molecule has 0 saturated heterocycles. The van der Waals surface area contributed by atoms with Crippen LogP contribution in [0, 0.1) is 0 Å². The number of nitrogens with zero attached hydrogens (tertiary/aromatic N) is 1. The molecule has 0 fully saturated rings. The first kappa shape index (κ1) is 12.2. The summed E-state index contributed by atoms with van der Waals surface area (Å²) in [5.41, 5.74) is 1.69. The lowest BCUT2D eigenvalue weighted by molar-refractivity contribution is 0.0699. The molecule has 3 rings (SSSR count). The van der Waals surface area contributed by atoms with Crippen LogP contribution in [0.2, 0.25) is 0 Å². The minimum atomic E-state index is -0.947. The number of ether oxygens (including phenoxy) is 1. The van der Waals surface area contributed by atoms with Crippen molar-refractivity contribution in [1.82, 2.24) is 9.97 Å². The van der Waals surface area contributed by atoms with Gasteiger partial charge in [0.25, 0.3) is 0 Å². The summed E-state index contributed by atoms with van der Waals surface area (Å²) < 4.78 is 5.58. The molecule has 100 valence electrons. The Morgan fingerprint density at radius 1 is 1.30 bits per heavy atom. The van der Waals surface area contributed by atoms with Crippen molar-refractivity contribution in [3.63, 3.8) is 0 Å². The van der Waals surface area contributed by atoms with Gasteiger partial charge in [0.2, 0.25) is 0 Å². The molecule has 0 bridgehead atoms. The highest BCUT2D eigenvalue weighted by Crippen LogP contribution is 2.20. The lowest BCUT2D eigenvalue weighted by Gasteiger charge is -2.03. The molecule has 2 heterocycles. The topological polar surface area (TPSA) is 75.2 Å². The first-order chi connectivity index (χ1) is 9.74. The van der Waals surface area contributed by atoms with Crippen LogP contribution in [-0.4, -0.2) is 21.0 Å². The number of pyridine rings is 1. The number of rotatable bonds is 4. The van der Waals surface area contributed by atoms with Crippen LogP contribution in [0.15, 0.2) is 48.8 Å². The molecule has 5 heteroatoms. The van der Waals surface area contributed by atoms with Gasteiger partial charge in [-0.2, -0.15) is 0 Å². The van der Waals surface area contributed by atoms with Gasteiger partial charge in [0, 0.05) is 11.6 Å². The number of hydrogen-bond acceptors (Lipinski definition) is 3. The normalized spacial score (nSPS) is 10.6. The van der Waals surface area contributed by atoms with Gasteiger partial charge in [-0.3, -0.25) is 4.98 Å². The highest BCUT2D eigenvalue weighted by Gasteiger charge is 2.10. The monoisotopic (exact) mass is 268 g/mol. The summed E-state index contributed by atoms with van der Waals surface area (Å²) in [7, 11) is 0. The van der Waals surface area contributed by atoms with Crippen LogP contribution in [0.3, 0.4) is 0 Å². The van der Waals surface area contributed by atoms with Gasteiger partial charge in [0.05, 0.1) is 23.0 Å². The van der Waals surface area contributed by atoms with Crippen molar-refractivity contribution in [3.8, 4) is 5.75 Å². The molecule has 0 atom stereocenters. The molecule has 3 aromatic rings. The van der Waals surface area contributed by atoms with E-state index in [1.165, 1.54) is 0 Å². The van der Waals surface area contributed by atoms with E-state index in [2.05, 4.69) is 9.97 Å². The molecule has 1 aromatic carbocycles. The van der Waals surface area contributed by atoms with Crippen LogP contribution < -0.4 is 4.74 Å². The summed E-state index contributed by atoms with van der Waals surface area (Å²) >= 11 is 0. The molecule has 0 spiro atoms. The van der Waals surface area contributed by atoms with Gasteiger partial charge >= 0.3 is 5.97 Å². The third kappa shape index (κ3) is 2.33. The molecule has 5 nitrogen and oxygen atoms in total. The van der Waals surface area contributed by atoms with E-state index in [0.29, 0.717) is 17.9 Å². The van der Waals surface area contributed by atoms with Crippen LogP contribution in [0.1, 0.15) is 16.1 Å². The van der Waals surface area contributed by atoms with Gasteiger partial charge < -0.3 is 14.8 Å². The van der Waals surface area contributed by atoms with Crippen molar-refractivity contribution in [2.75, 3.05) is 0 Å². The van der Waals surface area contributed by atoms with Gasteiger partial charge in [0.1, 0.15) is 12.4 Å². The largest absolute Gasteiger partial charge is 0.486 e. The number of fused-ring (bicyclic) bond motifs is 1. The number of carbonyl (C=O) groups is 1. The molecule has 20 heavy (non-hydrogen) atoms. The Morgan fingerprint density at radius 3 is 2.95 bits per heavy atom. The summed E-state index contributed by atoms with van der Waals surface area (Å²) in [6, 6.07) is 10.7. The third-order valence-corrected chi connectivity index (χ3v) is 2.97. The number of hydrogen-bond donors (Lipinski definition) is 2. The predicted octanol–water partition coefficient (Wildman–Crippen LogP) is 2.84. The number of benzene rings is 1. The van der Waals surface area contributed by atoms with Gasteiger partial charge in [-0.05, 0) is 24.3 Å². The maximum absolute atomic E-state index is 11.1. The van der Waals surface area contributed by atoms with Crippen molar-refractivity contribution < 1.29 is 14.6 Å². The third-order valence-electron chi connectivity index (χ3n) is 2.97. The standard InChI is InChI=1S/C15H12N2O3/c18-15(19)13-5-1-3-10-7-11(17-14(10)13)9-20-12-4-2-6-16-8-12/h1-8,17H,9H2,(H,18,19). The predicted molar refractivity (Wildman–Crippen MR) is 73.8 cm³/mol. The van der Waals surface area contributed by atoms with Crippen LogP contribution in [0.4, 0.5) is 0 Å². The van der Waals surface area contributed by atoms with Crippen LogP contribution in [0.5, 0.6) is 5.75 Å². The first-order valence-electron chi connectivity index (χ1n) is 6.11. The van der Waals surface area contributed by atoms with Crippen LogP contribution in [0.25, 0.3) is 10.9 Å². The summed E-state index contributed by atoms with van der Waals surface area (Å²) in [5.74, 6) is -0.276. The van der Waals surface area contributed by atoms with Crippen molar-refractivity contribution >= 4 is 16.9 Å². The minimum absolute atomic E-state index is 0.259. The Labute approximate surface area is 114 Å². The average molecular weight is 268 g/mol. The number of aromatic amines is 1. The maximum atomic E-state index is 11.1. The number of carboxylic acids is 1. The second kappa shape index (κ2) is 5.05. The van der Waals surface area contributed by atoms with Crippen molar-refractivity contribution in [3.05, 3.63) is 60.0 Å². The van der Waals surface area contributed by atoms with Crippen molar-refractivity contribution in [2.24, 2.45) is 0 Å². The van der Waals surface area contributed by atoms with Gasteiger partial charge in [-0.1, -0.05) is 12.1 Å². The van der Waals surface area contributed by atoms with Gasteiger partial charge in [0.15, 0.2) is 0 Å². The average Bonchev–Trinajstić information content (AvgIpc) is 2.88. The van der Waals surface area contributed by atoms with Crippen molar-refractivity contribution in [1.29, 1.82) is 0 Å². The Bertz CT molecular complexity index is 750. The summed E-state index contributed by atoms with van der Waals surface area (Å²) in [6.45, 7) is 0.333. The summed E-state index contributed by atoms with van der Waals surface area (Å²) in [6.07, 6.45) is 3.31. The fourth-order valence-corrected chi connectivity index (χ4v) is 2.06. The zero-order chi connectivity index (χ0) is 13.9. The second-order valence-corrected chi connectivity index (χ2v) is 4.35. The highest BCUT2D eigenvalue weighted by molar-refractivity contribution is 6.02. The number of carboxylic acid groups (broad SMARTS) is 1. The van der Waals surface area contributed by atoms with E-state index in [-0.39, 0.29) is 5.56 Å². The Kier molecular flexibility index (Phi) is 3.09. The molecule has 0 aliphatic carbocycles. The number of aromatic nitrogens is 2. The Morgan fingerprint density at radius 2 is 2.20 bits per heavy atom. The SMILES string of the molecule is O=C(O)c1cccc2cc(COc3cccnc3)[nH]c12. The van der Waals surface area contributed by atoms with E-state index in [1.807, 2.05) is 18.2 Å². The van der Waals surface area contributed by atoms with E-state index in [4.69, 9.17) is 9.84 Å². The Hall–Kier alpha value is -2.82. The van der Waals surface area contributed by atoms with Crippen molar-refractivity contribution in [2.45, 2.75) is 6.61 Å². The quantitative estimate of drug-likeness (QED) is 0.763.